The Morgan fingerprint density at radius 1 is 1.30 bits per heavy atom. The lowest BCUT2D eigenvalue weighted by Gasteiger charge is -2.44. The van der Waals surface area contributed by atoms with Gasteiger partial charge in [-0.15, -0.1) is 0 Å². The fourth-order valence-corrected chi connectivity index (χ4v) is 2.67. The molecule has 0 aromatic heterocycles. The highest BCUT2D eigenvalue weighted by Gasteiger charge is 2.67. The van der Waals surface area contributed by atoms with Gasteiger partial charge in [-0.1, -0.05) is 12.1 Å². The van der Waals surface area contributed by atoms with E-state index < -0.39 is 42.5 Å². The van der Waals surface area contributed by atoms with Crippen LogP contribution < -0.4 is 15.4 Å². The van der Waals surface area contributed by atoms with Gasteiger partial charge in [0.1, 0.15) is 11.7 Å². The Hall–Kier alpha value is -2.63. The monoisotopic (exact) mass is 398 g/mol. The third-order valence-electron chi connectivity index (χ3n) is 3.81. The van der Waals surface area contributed by atoms with Crippen LogP contribution in [-0.4, -0.2) is 42.2 Å². The lowest BCUT2D eigenvalue weighted by molar-refractivity contribution is -0.294. The fourth-order valence-electron chi connectivity index (χ4n) is 2.67. The molecule has 0 unspecified atom stereocenters. The van der Waals surface area contributed by atoms with Crippen LogP contribution in [0.15, 0.2) is 24.3 Å². The normalized spacial score (nSPS) is 25.6. The number of hydrogen-bond acceptors (Lipinski definition) is 5. The van der Waals surface area contributed by atoms with Gasteiger partial charge >= 0.3 is 24.8 Å². The van der Waals surface area contributed by atoms with Crippen molar-refractivity contribution in [2.24, 2.45) is 5.92 Å². The van der Waals surface area contributed by atoms with Crippen LogP contribution in [0.2, 0.25) is 0 Å². The summed E-state index contributed by atoms with van der Waals surface area (Å²) in [5, 5.41) is 13.5. The van der Waals surface area contributed by atoms with Gasteiger partial charge in [0.2, 0.25) is 0 Å². The second-order valence-corrected chi connectivity index (χ2v) is 5.52. The van der Waals surface area contributed by atoms with Crippen LogP contribution in [0.1, 0.15) is 18.5 Å². The topological polar surface area (TPSA) is 96.9 Å². The molecule has 1 saturated heterocycles. The smallest absolute Gasteiger partial charge is 0.437 e. The highest BCUT2D eigenvalue weighted by atomic mass is 19.4. The van der Waals surface area contributed by atoms with Gasteiger partial charge in [-0.25, -0.2) is 4.79 Å². The van der Waals surface area contributed by atoms with Crippen molar-refractivity contribution in [3.63, 3.8) is 0 Å². The number of rotatable bonds is 5. The first-order valence-corrected chi connectivity index (χ1v) is 7.58. The number of halogens is 5. The predicted octanol–water partition coefficient (Wildman–Crippen LogP) is 2.07. The number of ether oxygens (including phenoxy) is 2. The van der Waals surface area contributed by atoms with Crippen LogP contribution in [0.5, 0.6) is 5.75 Å². The molecule has 0 aliphatic carbocycles. The molecule has 7 nitrogen and oxygen atoms in total. The summed E-state index contributed by atoms with van der Waals surface area (Å²) in [6.07, 6.45) is -5.40. The number of esters is 1. The third kappa shape index (κ3) is 4.21. The van der Waals surface area contributed by atoms with Crippen LogP contribution in [-0.2, 0) is 9.53 Å². The minimum Gasteiger partial charge on any atom is -0.466 e. The first-order valence-electron chi connectivity index (χ1n) is 7.58. The van der Waals surface area contributed by atoms with E-state index in [0.717, 1.165) is 24.3 Å². The van der Waals surface area contributed by atoms with E-state index in [1.807, 2.05) is 0 Å². The molecule has 0 saturated carbocycles. The van der Waals surface area contributed by atoms with Crippen LogP contribution >= 0.6 is 0 Å². The fraction of sp³-hybridized carbons (Fsp3) is 0.467. The zero-order valence-electron chi connectivity index (χ0n) is 13.7. The number of amides is 2. The highest BCUT2D eigenvalue weighted by molar-refractivity contribution is 5.83. The number of aliphatic hydroxyl groups is 1. The van der Waals surface area contributed by atoms with Gasteiger partial charge in [0.05, 0.1) is 12.6 Å². The summed E-state index contributed by atoms with van der Waals surface area (Å²) >= 11 is 0. The Bertz CT molecular complexity index is 697. The van der Waals surface area contributed by atoms with Crippen molar-refractivity contribution in [2.45, 2.75) is 31.5 Å². The average molecular weight is 398 g/mol. The number of benzene rings is 1. The van der Waals surface area contributed by atoms with Crippen molar-refractivity contribution in [3.05, 3.63) is 29.8 Å². The van der Waals surface area contributed by atoms with E-state index in [4.69, 9.17) is 0 Å². The van der Waals surface area contributed by atoms with Crippen LogP contribution in [0.25, 0.3) is 0 Å². The van der Waals surface area contributed by atoms with Gasteiger partial charge < -0.3 is 25.2 Å². The lowest BCUT2D eigenvalue weighted by atomic mass is 9.82. The molecule has 1 aliphatic rings. The average Bonchev–Trinajstić information content (AvgIpc) is 2.53. The Labute approximate surface area is 149 Å². The molecule has 150 valence electrons. The zero-order chi connectivity index (χ0) is 20.4. The maximum Gasteiger partial charge on any atom is 0.437 e. The quantitative estimate of drug-likeness (QED) is 0.521. The van der Waals surface area contributed by atoms with Crippen molar-refractivity contribution in [1.29, 1.82) is 0 Å². The number of urea groups is 1. The molecule has 1 heterocycles. The largest absolute Gasteiger partial charge is 0.466 e. The Kier molecular flexibility index (Phi) is 5.78. The minimum atomic E-state index is -5.40. The van der Waals surface area contributed by atoms with Gasteiger partial charge in [-0.3, -0.25) is 4.79 Å². The van der Waals surface area contributed by atoms with Crippen LogP contribution in [0.4, 0.5) is 26.7 Å². The molecule has 1 fully saturated rings. The van der Waals surface area contributed by atoms with E-state index in [-0.39, 0.29) is 17.9 Å². The Morgan fingerprint density at radius 3 is 2.37 bits per heavy atom. The molecule has 2 rings (SSSR count). The zero-order valence-corrected chi connectivity index (χ0v) is 13.7. The van der Waals surface area contributed by atoms with E-state index in [1.165, 1.54) is 12.2 Å². The van der Waals surface area contributed by atoms with E-state index >= 15 is 0 Å². The molecule has 0 spiro atoms. The standard InChI is InChI=1S/C15H15F5N2O5/c1-2-26-11(23)9-10(7-3-5-8(6-4-7)27-12(16)17)21-13(24)22-14(9,25)15(18,19)20/h3-6,9-10,12,25H,2H2,1H3,(H2,21,22,24)/t9-,10+,14+/m1/s1. The van der Waals surface area contributed by atoms with Gasteiger partial charge in [0, 0.05) is 0 Å². The van der Waals surface area contributed by atoms with E-state index in [0.29, 0.717) is 0 Å². The summed E-state index contributed by atoms with van der Waals surface area (Å²) in [5.74, 6) is -3.99. The predicted molar refractivity (Wildman–Crippen MR) is 78.6 cm³/mol. The molecule has 3 atom stereocenters. The van der Waals surface area contributed by atoms with Crippen LogP contribution in [0, 0.1) is 5.92 Å². The molecule has 3 N–H and O–H groups in total. The van der Waals surface area contributed by atoms with Crippen molar-refractivity contribution in [2.75, 3.05) is 6.61 Å². The first kappa shape index (κ1) is 20.7. The first-order chi connectivity index (χ1) is 12.5. The number of hydrogen-bond donors (Lipinski definition) is 3. The van der Waals surface area contributed by atoms with Crippen molar-refractivity contribution in [1.82, 2.24) is 10.6 Å². The van der Waals surface area contributed by atoms with Gasteiger partial charge in [-0.2, -0.15) is 22.0 Å². The van der Waals surface area contributed by atoms with E-state index in [1.54, 1.807) is 0 Å². The van der Waals surface area contributed by atoms with Crippen molar-refractivity contribution < 1.29 is 46.1 Å². The van der Waals surface area contributed by atoms with E-state index in [2.05, 4.69) is 14.8 Å². The SMILES string of the molecule is CCOC(=O)[C@H]1[C@H](c2ccc(OC(F)F)cc2)NC(=O)N[C@@]1(O)C(F)(F)F. The highest BCUT2D eigenvalue weighted by Crippen LogP contribution is 2.43. The molecule has 1 aromatic rings. The van der Waals surface area contributed by atoms with Crippen LogP contribution in [0.3, 0.4) is 0 Å². The summed E-state index contributed by atoms with van der Waals surface area (Å²) in [6, 6.07) is 1.17. The van der Waals surface area contributed by atoms with Crippen molar-refractivity contribution in [3.8, 4) is 5.75 Å². The summed E-state index contributed by atoms with van der Waals surface area (Å²) in [7, 11) is 0. The Morgan fingerprint density at radius 2 is 1.89 bits per heavy atom. The van der Waals surface area contributed by atoms with E-state index in [9.17, 15) is 36.6 Å². The third-order valence-corrected chi connectivity index (χ3v) is 3.81. The maximum absolute atomic E-state index is 13.4. The van der Waals surface area contributed by atoms with Gasteiger partial charge in [0.15, 0.2) is 0 Å². The number of alkyl halides is 5. The summed E-state index contributed by atoms with van der Waals surface area (Å²) in [4.78, 5) is 23.9. The molecule has 27 heavy (non-hydrogen) atoms. The molecular weight excluding hydrogens is 383 g/mol. The Balaban J connectivity index is 2.47. The molecular formula is C15H15F5N2O5. The summed E-state index contributed by atoms with van der Waals surface area (Å²) < 4.78 is 73.5. The second kappa shape index (κ2) is 7.55. The summed E-state index contributed by atoms with van der Waals surface area (Å²) in [6.45, 7) is -2.03. The summed E-state index contributed by atoms with van der Waals surface area (Å²) in [5.41, 5.74) is -3.96. The number of carbonyl (C=O) groups is 2. The van der Waals surface area contributed by atoms with Gasteiger partial charge in [-0.05, 0) is 24.6 Å². The second-order valence-electron chi connectivity index (χ2n) is 5.52. The number of nitrogens with one attached hydrogen (secondary N) is 2. The molecule has 12 heteroatoms. The lowest BCUT2D eigenvalue weighted by Crippen LogP contribution is -2.73. The van der Waals surface area contributed by atoms with Gasteiger partial charge in [0.25, 0.3) is 5.72 Å². The van der Waals surface area contributed by atoms with Crippen molar-refractivity contribution >= 4 is 12.0 Å². The minimum absolute atomic E-state index is 0.0628. The molecule has 1 aliphatic heterocycles. The maximum atomic E-state index is 13.4. The molecule has 1 aromatic carbocycles. The molecule has 2 amide bonds. The number of carbonyl (C=O) groups excluding carboxylic acids is 2. The molecule has 0 radical (unpaired) electrons. The molecule has 0 bridgehead atoms.